The minimum atomic E-state index is -0.522. The molecule has 2 rings (SSSR count). The van der Waals surface area contributed by atoms with Crippen molar-refractivity contribution in [2.75, 3.05) is 11.9 Å². The van der Waals surface area contributed by atoms with E-state index >= 15 is 0 Å². The van der Waals surface area contributed by atoms with Gasteiger partial charge in [0.25, 0.3) is 0 Å². The molecule has 1 aromatic rings. The molecular formula is C15H21ClN2O2. The zero-order valence-electron chi connectivity index (χ0n) is 12.1. The molecule has 0 bridgehead atoms. The minimum absolute atomic E-state index is 0.0432. The van der Waals surface area contributed by atoms with Crippen molar-refractivity contribution in [2.45, 2.75) is 44.6 Å². The Bertz CT molecular complexity index is 519. The van der Waals surface area contributed by atoms with Gasteiger partial charge in [-0.15, -0.1) is 0 Å². The highest BCUT2D eigenvalue weighted by atomic mass is 35.5. The molecule has 1 saturated carbocycles. The fourth-order valence-electron chi connectivity index (χ4n) is 2.18. The third-order valence-corrected chi connectivity index (χ3v) is 3.74. The van der Waals surface area contributed by atoms with Gasteiger partial charge < -0.3 is 10.5 Å². The number of anilines is 1. The topological polar surface area (TPSA) is 64.3 Å². The summed E-state index contributed by atoms with van der Waals surface area (Å²) in [5.41, 5.74) is 7.02. The van der Waals surface area contributed by atoms with Gasteiger partial charge in [-0.1, -0.05) is 17.7 Å². The Morgan fingerprint density at radius 2 is 2.10 bits per heavy atom. The molecule has 1 aliphatic rings. The van der Waals surface area contributed by atoms with Crippen molar-refractivity contribution >= 4 is 23.4 Å². The van der Waals surface area contributed by atoms with Gasteiger partial charge in [-0.25, -0.2) is 4.79 Å². The third-order valence-electron chi connectivity index (χ3n) is 3.43. The van der Waals surface area contributed by atoms with Crippen molar-refractivity contribution in [3.05, 3.63) is 28.8 Å². The highest BCUT2D eigenvalue weighted by Gasteiger charge is 2.44. The van der Waals surface area contributed by atoms with Gasteiger partial charge in [-0.3, -0.25) is 5.32 Å². The van der Waals surface area contributed by atoms with E-state index < -0.39 is 11.7 Å². The lowest BCUT2D eigenvalue weighted by atomic mass is 9.96. The second kappa shape index (κ2) is 5.26. The Morgan fingerprint density at radius 3 is 2.55 bits per heavy atom. The number of hydrogen-bond acceptors (Lipinski definition) is 3. The quantitative estimate of drug-likeness (QED) is 0.894. The molecule has 0 heterocycles. The fourth-order valence-corrected chi connectivity index (χ4v) is 2.56. The van der Waals surface area contributed by atoms with Crippen LogP contribution >= 0.6 is 11.6 Å². The SMILES string of the molecule is CC(C)(C)OC(=O)Nc1ccc(C2(CN)CC2)c(Cl)c1. The Kier molecular flexibility index (Phi) is 3.98. The zero-order chi connectivity index (χ0) is 15.0. The van der Waals surface area contributed by atoms with Crippen LogP contribution in [0.3, 0.4) is 0 Å². The van der Waals surface area contributed by atoms with Crippen LogP contribution in [0.1, 0.15) is 39.2 Å². The molecule has 110 valence electrons. The van der Waals surface area contributed by atoms with E-state index in [1.165, 1.54) is 0 Å². The molecule has 1 aliphatic carbocycles. The minimum Gasteiger partial charge on any atom is -0.444 e. The average Bonchev–Trinajstić information content (AvgIpc) is 3.07. The molecule has 0 atom stereocenters. The van der Waals surface area contributed by atoms with E-state index in [1.807, 2.05) is 32.9 Å². The second-order valence-corrected chi connectivity index (χ2v) is 6.71. The predicted molar refractivity (Wildman–Crippen MR) is 81.3 cm³/mol. The van der Waals surface area contributed by atoms with Crippen molar-refractivity contribution in [3.8, 4) is 0 Å². The molecule has 4 nitrogen and oxygen atoms in total. The number of nitrogens with two attached hydrogens (primary N) is 1. The van der Waals surface area contributed by atoms with Crippen LogP contribution in [0.15, 0.2) is 18.2 Å². The van der Waals surface area contributed by atoms with Crippen LogP contribution in [0.4, 0.5) is 10.5 Å². The van der Waals surface area contributed by atoms with E-state index in [0.717, 1.165) is 18.4 Å². The average molecular weight is 297 g/mol. The lowest BCUT2D eigenvalue weighted by Gasteiger charge is -2.20. The summed E-state index contributed by atoms with van der Waals surface area (Å²) in [5.74, 6) is 0. The number of ether oxygens (including phenoxy) is 1. The Balaban J connectivity index is 2.08. The maximum atomic E-state index is 11.7. The highest BCUT2D eigenvalue weighted by molar-refractivity contribution is 6.31. The normalized spacial score (nSPS) is 16.6. The van der Waals surface area contributed by atoms with Gasteiger partial charge in [0.1, 0.15) is 5.60 Å². The van der Waals surface area contributed by atoms with E-state index in [9.17, 15) is 4.79 Å². The van der Waals surface area contributed by atoms with Crippen LogP contribution in [0.5, 0.6) is 0 Å². The summed E-state index contributed by atoms with van der Waals surface area (Å²) in [6, 6.07) is 5.52. The largest absolute Gasteiger partial charge is 0.444 e. The van der Waals surface area contributed by atoms with Gasteiger partial charge in [0.15, 0.2) is 0 Å². The van der Waals surface area contributed by atoms with Crippen LogP contribution < -0.4 is 11.1 Å². The van der Waals surface area contributed by atoms with Crippen molar-refractivity contribution in [2.24, 2.45) is 5.73 Å². The molecule has 3 N–H and O–H groups in total. The maximum absolute atomic E-state index is 11.7. The first kappa shape index (κ1) is 15.1. The number of hydrogen-bond donors (Lipinski definition) is 2. The number of amides is 1. The summed E-state index contributed by atoms with van der Waals surface area (Å²) in [4.78, 5) is 11.7. The molecule has 0 saturated heterocycles. The summed E-state index contributed by atoms with van der Waals surface area (Å²) in [6.45, 7) is 6.06. The number of carbonyl (C=O) groups excluding carboxylic acids is 1. The van der Waals surface area contributed by atoms with Crippen LogP contribution in [0.2, 0.25) is 5.02 Å². The van der Waals surface area contributed by atoms with Gasteiger partial charge >= 0.3 is 6.09 Å². The molecule has 0 spiro atoms. The van der Waals surface area contributed by atoms with E-state index in [0.29, 0.717) is 17.3 Å². The van der Waals surface area contributed by atoms with Gasteiger partial charge in [0, 0.05) is 22.7 Å². The van der Waals surface area contributed by atoms with Crippen molar-refractivity contribution in [1.82, 2.24) is 0 Å². The first-order chi connectivity index (χ1) is 9.26. The molecular weight excluding hydrogens is 276 g/mol. The second-order valence-electron chi connectivity index (χ2n) is 6.31. The van der Waals surface area contributed by atoms with Crippen LogP contribution in [-0.2, 0) is 10.2 Å². The number of benzene rings is 1. The van der Waals surface area contributed by atoms with E-state index in [1.54, 1.807) is 6.07 Å². The first-order valence-corrected chi connectivity index (χ1v) is 7.14. The van der Waals surface area contributed by atoms with Crippen molar-refractivity contribution in [3.63, 3.8) is 0 Å². The van der Waals surface area contributed by atoms with Gasteiger partial charge in [-0.05, 0) is 51.3 Å². The van der Waals surface area contributed by atoms with Crippen LogP contribution in [0, 0.1) is 0 Å². The fraction of sp³-hybridized carbons (Fsp3) is 0.533. The van der Waals surface area contributed by atoms with Gasteiger partial charge in [0.05, 0.1) is 0 Å². The molecule has 0 unspecified atom stereocenters. The van der Waals surface area contributed by atoms with Crippen molar-refractivity contribution in [1.29, 1.82) is 0 Å². The summed E-state index contributed by atoms with van der Waals surface area (Å²) in [7, 11) is 0. The number of halogens is 1. The molecule has 0 aromatic heterocycles. The Hall–Kier alpha value is -1.26. The molecule has 1 fully saturated rings. The van der Waals surface area contributed by atoms with E-state index in [4.69, 9.17) is 22.1 Å². The van der Waals surface area contributed by atoms with Crippen molar-refractivity contribution < 1.29 is 9.53 Å². The number of carbonyl (C=O) groups is 1. The first-order valence-electron chi connectivity index (χ1n) is 6.76. The summed E-state index contributed by atoms with van der Waals surface area (Å²) in [6.07, 6.45) is 1.66. The van der Waals surface area contributed by atoms with E-state index in [-0.39, 0.29) is 5.41 Å². The number of nitrogens with one attached hydrogen (secondary N) is 1. The molecule has 1 aromatic carbocycles. The number of rotatable bonds is 3. The summed E-state index contributed by atoms with van der Waals surface area (Å²) >= 11 is 6.30. The van der Waals surface area contributed by atoms with Crippen LogP contribution in [0.25, 0.3) is 0 Å². The Labute approximate surface area is 124 Å². The van der Waals surface area contributed by atoms with Crippen LogP contribution in [-0.4, -0.2) is 18.2 Å². The standard InChI is InChI=1S/C15H21ClN2O2/c1-14(2,3)20-13(19)18-10-4-5-11(12(16)8-10)15(9-17)6-7-15/h4-5,8H,6-7,9,17H2,1-3H3,(H,18,19). The third kappa shape index (κ3) is 3.44. The summed E-state index contributed by atoms with van der Waals surface area (Å²) in [5, 5.41) is 3.32. The smallest absolute Gasteiger partial charge is 0.412 e. The maximum Gasteiger partial charge on any atom is 0.412 e. The lowest BCUT2D eigenvalue weighted by molar-refractivity contribution is 0.0636. The lowest BCUT2D eigenvalue weighted by Crippen LogP contribution is -2.27. The van der Waals surface area contributed by atoms with E-state index in [2.05, 4.69) is 5.32 Å². The summed E-state index contributed by atoms with van der Waals surface area (Å²) < 4.78 is 5.20. The molecule has 0 aliphatic heterocycles. The zero-order valence-corrected chi connectivity index (χ0v) is 12.9. The predicted octanol–water partition coefficient (Wildman–Crippen LogP) is 3.68. The highest BCUT2D eigenvalue weighted by Crippen LogP contribution is 2.49. The Morgan fingerprint density at radius 1 is 1.45 bits per heavy atom. The molecule has 0 radical (unpaired) electrons. The molecule has 1 amide bonds. The molecule has 5 heteroatoms. The van der Waals surface area contributed by atoms with Gasteiger partial charge in [0.2, 0.25) is 0 Å². The van der Waals surface area contributed by atoms with Gasteiger partial charge in [-0.2, -0.15) is 0 Å². The molecule has 20 heavy (non-hydrogen) atoms. The monoisotopic (exact) mass is 296 g/mol.